The van der Waals surface area contributed by atoms with Crippen LogP contribution >= 0.6 is 0 Å². The summed E-state index contributed by atoms with van der Waals surface area (Å²) in [6.07, 6.45) is 0. The molecule has 0 spiro atoms. The molecule has 0 atom stereocenters. The predicted octanol–water partition coefficient (Wildman–Crippen LogP) is 0.494. The summed E-state index contributed by atoms with van der Waals surface area (Å²) >= 11 is 0. The smallest absolute Gasteiger partial charge is 0.265 e. The molecular formula is C7H15N5. The van der Waals surface area contributed by atoms with Gasteiger partial charge in [-0.3, -0.25) is 0 Å². The van der Waals surface area contributed by atoms with Crippen LogP contribution in [0.2, 0.25) is 0 Å². The Balaban J connectivity index is 2.92. The molecule has 1 aromatic heterocycles. The van der Waals surface area contributed by atoms with Gasteiger partial charge in [0.15, 0.2) is 0 Å². The molecular weight excluding hydrogens is 154 g/mol. The monoisotopic (exact) mass is 169 g/mol. The second-order valence-electron chi connectivity index (χ2n) is 3.94. The van der Waals surface area contributed by atoms with Gasteiger partial charge in [0.05, 0.1) is 5.54 Å². The van der Waals surface area contributed by atoms with E-state index in [2.05, 4.69) is 15.4 Å². The molecule has 0 aliphatic rings. The van der Waals surface area contributed by atoms with E-state index in [0.717, 1.165) is 0 Å². The Morgan fingerprint density at radius 2 is 1.83 bits per heavy atom. The van der Waals surface area contributed by atoms with Crippen LogP contribution in [0.4, 0.5) is 5.95 Å². The zero-order valence-corrected chi connectivity index (χ0v) is 8.24. The Morgan fingerprint density at radius 3 is 2.08 bits per heavy atom. The third-order valence-electron chi connectivity index (χ3n) is 1.40. The van der Waals surface area contributed by atoms with Crippen molar-refractivity contribution in [3.8, 4) is 0 Å². The quantitative estimate of drug-likeness (QED) is 0.614. The summed E-state index contributed by atoms with van der Waals surface area (Å²) < 4.78 is 0. The molecule has 5 heteroatoms. The SMILES string of the molecule is CN(C)c1nnn(C(C)(C)C)n1. The number of nitrogens with zero attached hydrogens (tertiary/aromatic N) is 5. The zero-order chi connectivity index (χ0) is 9.35. The van der Waals surface area contributed by atoms with Crippen LogP contribution in [0.25, 0.3) is 0 Å². The summed E-state index contributed by atoms with van der Waals surface area (Å²) in [5.74, 6) is 0.643. The largest absolute Gasteiger partial charge is 0.344 e. The van der Waals surface area contributed by atoms with Crippen LogP contribution in [0.1, 0.15) is 20.8 Å². The van der Waals surface area contributed by atoms with Crippen molar-refractivity contribution in [3.63, 3.8) is 0 Å². The van der Waals surface area contributed by atoms with E-state index < -0.39 is 0 Å². The van der Waals surface area contributed by atoms with Gasteiger partial charge in [-0.25, -0.2) is 0 Å². The van der Waals surface area contributed by atoms with Crippen LogP contribution in [0.5, 0.6) is 0 Å². The molecule has 1 rings (SSSR count). The summed E-state index contributed by atoms with van der Waals surface area (Å²) in [4.78, 5) is 3.44. The summed E-state index contributed by atoms with van der Waals surface area (Å²) in [6, 6.07) is 0. The van der Waals surface area contributed by atoms with Crippen LogP contribution in [0.3, 0.4) is 0 Å². The summed E-state index contributed by atoms with van der Waals surface area (Å²) in [6.45, 7) is 6.11. The van der Waals surface area contributed by atoms with Crippen molar-refractivity contribution < 1.29 is 0 Å². The molecule has 0 aliphatic carbocycles. The summed E-state index contributed by atoms with van der Waals surface area (Å²) in [5, 5.41) is 12.0. The molecule has 0 aromatic carbocycles. The van der Waals surface area contributed by atoms with E-state index in [-0.39, 0.29) is 5.54 Å². The molecule has 0 aliphatic heterocycles. The minimum absolute atomic E-state index is 0.0960. The van der Waals surface area contributed by atoms with Crippen LogP contribution in [0, 0.1) is 0 Å². The normalized spacial score (nSPS) is 11.8. The third kappa shape index (κ3) is 1.72. The molecule has 12 heavy (non-hydrogen) atoms. The van der Waals surface area contributed by atoms with Gasteiger partial charge in [0.25, 0.3) is 5.95 Å². The summed E-state index contributed by atoms with van der Waals surface area (Å²) in [7, 11) is 3.79. The van der Waals surface area contributed by atoms with Crippen molar-refractivity contribution in [1.29, 1.82) is 0 Å². The van der Waals surface area contributed by atoms with Crippen molar-refractivity contribution in [2.24, 2.45) is 0 Å². The Kier molecular flexibility index (Phi) is 2.04. The predicted molar refractivity (Wildman–Crippen MR) is 47.1 cm³/mol. The molecule has 0 amide bonds. The van der Waals surface area contributed by atoms with Crippen molar-refractivity contribution >= 4 is 5.95 Å². The van der Waals surface area contributed by atoms with E-state index >= 15 is 0 Å². The molecule has 0 unspecified atom stereocenters. The molecule has 68 valence electrons. The lowest BCUT2D eigenvalue weighted by atomic mass is 10.1. The number of anilines is 1. The van der Waals surface area contributed by atoms with E-state index in [1.807, 2.05) is 39.8 Å². The number of tetrazole rings is 1. The molecule has 0 bridgehead atoms. The van der Waals surface area contributed by atoms with Gasteiger partial charge in [0.1, 0.15) is 0 Å². The van der Waals surface area contributed by atoms with E-state index in [1.54, 1.807) is 4.80 Å². The molecule has 1 aromatic rings. The fourth-order valence-corrected chi connectivity index (χ4v) is 0.670. The molecule has 0 saturated heterocycles. The molecule has 0 N–H and O–H groups in total. The molecule has 0 fully saturated rings. The maximum atomic E-state index is 4.20. The van der Waals surface area contributed by atoms with Gasteiger partial charge in [0, 0.05) is 14.1 Å². The first kappa shape index (κ1) is 8.96. The highest BCUT2D eigenvalue weighted by Gasteiger charge is 2.17. The molecule has 0 saturated carbocycles. The van der Waals surface area contributed by atoms with Crippen molar-refractivity contribution in [3.05, 3.63) is 0 Å². The molecule has 0 radical (unpaired) electrons. The van der Waals surface area contributed by atoms with Crippen molar-refractivity contribution in [2.75, 3.05) is 19.0 Å². The topological polar surface area (TPSA) is 46.8 Å². The van der Waals surface area contributed by atoms with Crippen LogP contribution in [0.15, 0.2) is 0 Å². The first-order valence-corrected chi connectivity index (χ1v) is 3.89. The second kappa shape index (κ2) is 2.73. The number of hydrogen-bond acceptors (Lipinski definition) is 4. The minimum Gasteiger partial charge on any atom is -0.344 e. The maximum Gasteiger partial charge on any atom is 0.265 e. The van der Waals surface area contributed by atoms with Gasteiger partial charge < -0.3 is 4.90 Å². The van der Waals surface area contributed by atoms with Gasteiger partial charge >= 0.3 is 0 Å². The molecule has 5 nitrogen and oxygen atoms in total. The summed E-state index contributed by atoms with van der Waals surface area (Å²) in [5.41, 5.74) is -0.0960. The van der Waals surface area contributed by atoms with Gasteiger partial charge in [-0.05, 0) is 26.0 Å². The van der Waals surface area contributed by atoms with E-state index in [4.69, 9.17) is 0 Å². The van der Waals surface area contributed by atoms with Crippen molar-refractivity contribution in [2.45, 2.75) is 26.3 Å². The maximum absolute atomic E-state index is 4.20. The Morgan fingerprint density at radius 1 is 1.25 bits per heavy atom. The fourth-order valence-electron chi connectivity index (χ4n) is 0.670. The van der Waals surface area contributed by atoms with Gasteiger partial charge in [-0.2, -0.15) is 4.80 Å². The second-order valence-corrected chi connectivity index (χ2v) is 3.94. The molecule has 1 heterocycles. The van der Waals surface area contributed by atoms with Crippen LogP contribution in [-0.4, -0.2) is 34.3 Å². The Hall–Kier alpha value is -1.13. The Labute approximate surface area is 72.4 Å². The zero-order valence-electron chi connectivity index (χ0n) is 8.24. The average molecular weight is 169 g/mol. The fraction of sp³-hybridized carbons (Fsp3) is 0.857. The third-order valence-corrected chi connectivity index (χ3v) is 1.40. The van der Waals surface area contributed by atoms with Gasteiger partial charge in [0.2, 0.25) is 0 Å². The highest BCUT2D eigenvalue weighted by Crippen LogP contribution is 2.10. The lowest BCUT2D eigenvalue weighted by Gasteiger charge is -2.15. The minimum atomic E-state index is -0.0960. The van der Waals surface area contributed by atoms with E-state index in [1.165, 1.54) is 0 Å². The van der Waals surface area contributed by atoms with E-state index in [0.29, 0.717) is 5.95 Å². The standard InChI is InChI=1S/C7H15N5/c1-7(2,3)12-9-6(8-10-12)11(4)5/h1-5H3. The first-order valence-electron chi connectivity index (χ1n) is 3.89. The van der Waals surface area contributed by atoms with E-state index in [9.17, 15) is 0 Å². The van der Waals surface area contributed by atoms with Gasteiger partial charge in [-0.1, -0.05) is 5.10 Å². The van der Waals surface area contributed by atoms with Gasteiger partial charge in [-0.15, -0.1) is 5.10 Å². The lowest BCUT2D eigenvalue weighted by Crippen LogP contribution is -2.25. The lowest BCUT2D eigenvalue weighted by molar-refractivity contribution is 0.306. The van der Waals surface area contributed by atoms with Crippen LogP contribution in [-0.2, 0) is 5.54 Å². The number of aromatic nitrogens is 4. The Bertz CT molecular complexity index is 257. The van der Waals surface area contributed by atoms with Crippen molar-refractivity contribution in [1.82, 2.24) is 20.2 Å². The first-order chi connectivity index (χ1) is 5.41. The van der Waals surface area contributed by atoms with Crippen LogP contribution < -0.4 is 4.90 Å². The highest BCUT2D eigenvalue weighted by atomic mass is 15.6. The average Bonchev–Trinajstić information content (AvgIpc) is 2.30. The number of hydrogen-bond donors (Lipinski definition) is 0. The number of rotatable bonds is 1. The highest BCUT2D eigenvalue weighted by molar-refractivity contribution is 5.21.